The van der Waals surface area contributed by atoms with Crippen molar-refractivity contribution in [2.75, 3.05) is 26.2 Å². The normalized spacial score (nSPS) is 18.6. The third-order valence-electron chi connectivity index (χ3n) is 6.41. The lowest BCUT2D eigenvalue weighted by Crippen LogP contribution is -2.56. The van der Waals surface area contributed by atoms with E-state index in [1.165, 1.54) is 0 Å². The fourth-order valence-electron chi connectivity index (χ4n) is 4.53. The van der Waals surface area contributed by atoms with Crippen LogP contribution in [0.2, 0.25) is 0 Å². The van der Waals surface area contributed by atoms with E-state index in [0.717, 1.165) is 17.3 Å². The number of thioether (sulfide) groups is 1. The standard InChI is InChI=1S/C23H21F3N6O4S/c1-12-3-4-31-17(9-12)27-13(2)18(31)21(34)29-5-7-30(8-6-29)22-28-20(33)15-10-14(23(24,25)26)11-16(32(35)36)19(15)37-22/h3-4,9-11,22H,5-8H2,1-2H3,(H,28,33). The molecule has 1 fully saturated rings. The van der Waals surface area contributed by atoms with Crippen LogP contribution >= 0.6 is 11.8 Å². The highest BCUT2D eigenvalue weighted by molar-refractivity contribution is 8.00. The highest BCUT2D eigenvalue weighted by atomic mass is 32.2. The number of piperazine rings is 1. The molecule has 2 amide bonds. The van der Waals surface area contributed by atoms with Crippen LogP contribution in [0.3, 0.4) is 0 Å². The summed E-state index contributed by atoms with van der Waals surface area (Å²) in [4.78, 5) is 44.5. The molecule has 1 aromatic carbocycles. The fraction of sp³-hybridized carbons (Fsp3) is 0.348. The maximum Gasteiger partial charge on any atom is 0.416 e. The summed E-state index contributed by atoms with van der Waals surface area (Å²) in [5.74, 6) is -1.00. The third-order valence-corrected chi connectivity index (χ3v) is 7.72. The molecule has 2 aliphatic heterocycles. The molecule has 0 bridgehead atoms. The number of fused-ring (bicyclic) bond motifs is 2. The largest absolute Gasteiger partial charge is 0.416 e. The second-order valence-electron chi connectivity index (χ2n) is 8.88. The summed E-state index contributed by atoms with van der Waals surface area (Å²) < 4.78 is 41.4. The van der Waals surface area contributed by atoms with Gasteiger partial charge in [0, 0.05) is 38.4 Å². The van der Waals surface area contributed by atoms with Gasteiger partial charge in [-0.1, -0.05) is 11.8 Å². The summed E-state index contributed by atoms with van der Waals surface area (Å²) in [7, 11) is 0. The van der Waals surface area contributed by atoms with E-state index in [-0.39, 0.29) is 16.4 Å². The number of rotatable bonds is 3. The van der Waals surface area contributed by atoms with E-state index in [4.69, 9.17) is 0 Å². The van der Waals surface area contributed by atoms with Gasteiger partial charge in [0.1, 0.15) is 21.7 Å². The van der Waals surface area contributed by atoms with Gasteiger partial charge in [0.15, 0.2) is 0 Å². The van der Waals surface area contributed by atoms with Crippen molar-refractivity contribution in [1.29, 1.82) is 0 Å². The van der Waals surface area contributed by atoms with E-state index in [9.17, 15) is 32.9 Å². The number of benzene rings is 1. The van der Waals surface area contributed by atoms with Gasteiger partial charge in [-0.2, -0.15) is 13.2 Å². The Morgan fingerprint density at radius 1 is 1.19 bits per heavy atom. The number of carbonyl (C=O) groups excluding carboxylic acids is 2. The average Bonchev–Trinajstić information content (AvgIpc) is 3.16. The van der Waals surface area contributed by atoms with Crippen molar-refractivity contribution in [2.24, 2.45) is 0 Å². The van der Waals surface area contributed by atoms with Crippen LogP contribution in [0.1, 0.15) is 37.7 Å². The summed E-state index contributed by atoms with van der Waals surface area (Å²) in [6.07, 6.45) is -3.03. The number of amides is 2. The number of pyridine rings is 1. The predicted molar refractivity (Wildman–Crippen MR) is 127 cm³/mol. The molecule has 1 atom stereocenters. The quantitative estimate of drug-likeness (QED) is 0.405. The lowest BCUT2D eigenvalue weighted by Gasteiger charge is -2.40. The van der Waals surface area contributed by atoms with Gasteiger partial charge in [0.2, 0.25) is 0 Å². The number of nitro benzene ring substituents is 1. The number of nitrogens with zero attached hydrogens (tertiary/aromatic N) is 5. The maximum atomic E-state index is 13.3. The molecule has 5 rings (SSSR count). The third kappa shape index (κ3) is 4.50. The second-order valence-corrected chi connectivity index (χ2v) is 9.97. The van der Waals surface area contributed by atoms with Crippen molar-refractivity contribution >= 4 is 34.9 Å². The second kappa shape index (κ2) is 9.03. The van der Waals surface area contributed by atoms with Crippen molar-refractivity contribution in [1.82, 2.24) is 24.5 Å². The number of carbonyl (C=O) groups is 2. The fourth-order valence-corrected chi connectivity index (χ4v) is 5.82. The van der Waals surface area contributed by atoms with Gasteiger partial charge >= 0.3 is 6.18 Å². The molecule has 0 saturated carbocycles. The summed E-state index contributed by atoms with van der Waals surface area (Å²) in [6.45, 7) is 5.06. The minimum atomic E-state index is -4.83. The van der Waals surface area contributed by atoms with Crippen LogP contribution in [-0.2, 0) is 6.18 Å². The number of nitrogens with one attached hydrogen (secondary N) is 1. The Balaban J connectivity index is 1.33. The first-order valence-corrected chi connectivity index (χ1v) is 12.2. The highest BCUT2D eigenvalue weighted by Crippen LogP contribution is 2.43. The first kappa shape index (κ1) is 25.0. The van der Waals surface area contributed by atoms with Gasteiger partial charge in [-0.3, -0.25) is 29.0 Å². The molecule has 4 heterocycles. The Bertz CT molecular complexity index is 1430. The lowest BCUT2D eigenvalue weighted by molar-refractivity contribution is -0.388. The molecule has 10 nitrogen and oxygen atoms in total. The van der Waals surface area contributed by atoms with Crippen LogP contribution in [-0.4, -0.2) is 67.6 Å². The van der Waals surface area contributed by atoms with E-state index in [0.29, 0.717) is 55.3 Å². The molecule has 0 aliphatic carbocycles. The van der Waals surface area contributed by atoms with Crippen LogP contribution in [0.25, 0.3) is 5.65 Å². The zero-order valence-corrected chi connectivity index (χ0v) is 20.5. The topological polar surface area (TPSA) is 113 Å². The SMILES string of the molecule is Cc1ccn2c(C(=O)N3CCN(C4NC(=O)c5cc(C(F)(F)F)cc([N+](=O)[O-])c5S4)CC3)c(C)nc2c1. The molecule has 3 aromatic rings. The van der Waals surface area contributed by atoms with Crippen LogP contribution in [0.15, 0.2) is 35.4 Å². The van der Waals surface area contributed by atoms with Gasteiger partial charge in [-0.25, -0.2) is 4.98 Å². The molecule has 2 aliphatic rings. The monoisotopic (exact) mass is 534 g/mol. The van der Waals surface area contributed by atoms with Crippen molar-refractivity contribution in [3.05, 3.63) is 68.7 Å². The van der Waals surface area contributed by atoms with E-state index < -0.39 is 33.8 Å². The first-order valence-electron chi connectivity index (χ1n) is 11.3. The number of alkyl halides is 3. The van der Waals surface area contributed by atoms with Gasteiger partial charge in [0.25, 0.3) is 17.5 Å². The van der Waals surface area contributed by atoms with Crippen LogP contribution in [0.5, 0.6) is 0 Å². The smallest absolute Gasteiger partial charge is 0.335 e. The Morgan fingerprint density at radius 3 is 2.54 bits per heavy atom. The zero-order valence-electron chi connectivity index (χ0n) is 19.7. The minimum Gasteiger partial charge on any atom is -0.335 e. The number of imidazole rings is 1. The molecular formula is C23H21F3N6O4S. The molecule has 0 spiro atoms. The zero-order chi connectivity index (χ0) is 26.6. The van der Waals surface area contributed by atoms with Gasteiger partial charge in [0.05, 0.1) is 21.7 Å². The van der Waals surface area contributed by atoms with E-state index in [1.807, 2.05) is 24.0 Å². The average molecular weight is 535 g/mol. The molecule has 1 unspecified atom stereocenters. The highest BCUT2D eigenvalue weighted by Gasteiger charge is 2.40. The predicted octanol–water partition coefficient (Wildman–Crippen LogP) is 3.46. The van der Waals surface area contributed by atoms with Crippen molar-refractivity contribution in [3.8, 4) is 0 Å². The number of aryl methyl sites for hydroxylation is 2. The number of hydrogen-bond acceptors (Lipinski definition) is 7. The molecular weight excluding hydrogens is 513 g/mol. The number of aromatic nitrogens is 2. The molecule has 1 saturated heterocycles. The van der Waals surface area contributed by atoms with Crippen molar-refractivity contribution < 1.29 is 27.7 Å². The maximum absolute atomic E-state index is 13.3. The van der Waals surface area contributed by atoms with Crippen molar-refractivity contribution in [2.45, 2.75) is 30.4 Å². The minimum absolute atomic E-state index is 0.109. The molecule has 37 heavy (non-hydrogen) atoms. The first-order chi connectivity index (χ1) is 17.4. The Hall–Kier alpha value is -3.65. The Morgan fingerprint density at radius 2 is 1.89 bits per heavy atom. The summed E-state index contributed by atoms with van der Waals surface area (Å²) >= 11 is 0.922. The molecule has 14 heteroatoms. The molecule has 2 aromatic heterocycles. The lowest BCUT2D eigenvalue weighted by atomic mass is 10.1. The van der Waals surface area contributed by atoms with Gasteiger partial charge in [-0.05, 0) is 37.6 Å². The number of halogens is 3. The van der Waals surface area contributed by atoms with Crippen LogP contribution in [0, 0.1) is 24.0 Å². The number of hydrogen-bond donors (Lipinski definition) is 1. The van der Waals surface area contributed by atoms with Crippen LogP contribution < -0.4 is 5.32 Å². The number of nitro groups is 1. The van der Waals surface area contributed by atoms with E-state index in [1.54, 1.807) is 22.4 Å². The van der Waals surface area contributed by atoms with Gasteiger partial charge < -0.3 is 10.2 Å². The van der Waals surface area contributed by atoms with Crippen LogP contribution in [0.4, 0.5) is 18.9 Å². The van der Waals surface area contributed by atoms with Gasteiger partial charge in [-0.15, -0.1) is 0 Å². The molecule has 0 radical (unpaired) electrons. The van der Waals surface area contributed by atoms with E-state index in [2.05, 4.69) is 10.3 Å². The molecule has 194 valence electrons. The van der Waals surface area contributed by atoms with Crippen molar-refractivity contribution in [3.63, 3.8) is 0 Å². The summed E-state index contributed by atoms with van der Waals surface area (Å²) in [6, 6.07) is 4.87. The molecule has 1 N–H and O–H groups in total. The Kier molecular flexibility index (Phi) is 6.10. The van der Waals surface area contributed by atoms with E-state index >= 15 is 0 Å². The summed E-state index contributed by atoms with van der Waals surface area (Å²) in [5, 5.41) is 14.2. The summed E-state index contributed by atoms with van der Waals surface area (Å²) in [5.41, 5.74) is -0.352. The Labute approximate surface area is 212 Å².